The quantitative estimate of drug-likeness (QED) is 0.909. The molecule has 4 rings (SSSR count). The number of nitrogens with zero attached hydrogens (tertiary/aromatic N) is 4. The van der Waals surface area contributed by atoms with Crippen LogP contribution < -0.4 is 5.73 Å². The Bertz CT molecular complexity index is 723. The number of carbonyl (C=O) groups is 1. The molecule has 3 atom stereocenters. The lowest BCUT2D eigenvalue weighted by Crippen LogP contribution is -2.33. The van der Waals surface area contributed by atoms with Crippen LogP contribution in [0, 0.1) is 18.8 Å². The van der Waals surface area contributed by atoms with Gasteiger partial charge in [0.15, 0.2) is 5.69 Å². The molecule has 2 aromatic rings. The minimum Gasteiger partial charge on any atom is -0.337 e. The van der Waals surface area contributed by atoms with Crippen molar-refractivity contribution in [2.75, 3.05) is 13.1 Å². The smallest absolute Gasteiger partial charge is 0.276 e. The van der Waals surface area contributed by atoms with E-state index in [4.69, 9.17) is 5.73 Å². The molecular formula is C17H21N5O. The molecule has 1 saturated heterocycles. The predicted molar refractivity (Wildman–Crippen MR) is 86.2 cm³/mol. The van der Waals surface area contributed by atoms with Crippen molar-refractivity contribution in [1.82, 2.24) is 19.9 Å². The van der Waals surface area contributed by atoms with E-state index in [1.54, 1.807) is 10.9 Å². The molecule has 0 bridgehead atoms. The number of nitrogens with two attached hydrogens (primary N) is 1. The summed E-state index contributed by atoms with van der Waals surface area (Å²) in [6, 6.07) is 8.21. The van der Waals surface area contributed by atoms with Crippen molar-refractivity contribution >= 4 is 5.91 Å². The molecule has 3 unspecified atom stereocenters. The zero-order valence-corrected chi connectivity index (χ0v) is 13.2. The number of benzene rings is 1. The first-order chi connectivity index (χ1) is 11.1. The lowest BCUT2D eigenvalue weighted by molar-refractivity contribution is 0.0773. The Morgan fingerprint density at radius 2 is 2.00 bits per heavy atom. The normalized spacial score (nSPS) is 26.5. The Balaban J connectivity index is 1.51. The largest absolute Gasteiger partial charge is 0.337 e. The molecular weight excluding hydrogens is 290 g/mol. The van der Waals surface area contributed by atoms with Crippen LogP contribution in [0.3, 0.4) is 0 Å². The van der Waals surface area contributed by atoms with Gasteiger partial charge < -0.3 is 10.6 Å². The maximum Gasteiger partial charge on any atom is 0.276 e. The van der Waals surface area contributed by atoms with Crippen LogP contribution in [0.4, 0.5) is 0 Å². The van der Waals surface area contributed by atoms with Gasteiger partial charge in [0.05, 0.1) is 11.9 Å². The summed E-state index contributed by atoms with van der Waals surface area (Å²) >= 11 is 0. The summed E-state index contributed by atoms with van der Waals surface area (Å²) in [5, 5.41) is 8.15. The van der Waals surface area contributed by atoms with Crippen molar-refractivity contribution in [2.24, 2.45) is 17.6 Å². The van der Waals surface area contributed by atoms with Crippen molar-refractivity contribution in [3.8, 4) is 5.69 Å². The van der Waals surface area contributed by atoms with E-state index < -0.39 is 0 Å². The molecule has 2 N–H and O–H groups in total. The Kier molecular flexibility index (Phi) is 3.41. The fourth-order valence-corrected chi connectivity index (χ4v) is 3.82. The summed E-state index contributed by atoms with van der Waals surface area (Å²) in [5.74, 6) is 0.970. The highest BCUT2D eigenvalue weighted by molar-refractivity contribution is 5.92. The monoisotopic (exact) mass is 311 g/mol. The standard InChI is InChI=1S/C17H21N5O/c1-11-2-5-13(6-3-11)22-10-16(19-20-22)17(23)21-8-12-4-7-15(18)14(12)9-21/h2-3,5-6,10,12,14-15H,4,7-9,18H2,1H3. The molecule has 1 aliphatic heterocycles. The highest BCUT2D eigenvalue weighted by Crippen LogP contribution is 2.37. The Morgan fingerprint density at radius 1 is 1.22 bits per heavy atom. The van der Waals surface area contributed by atoms with Gasteiger partial charge in [-0.3, -0.25) is 4.79 Å². The summed E-state index contributed by atoms with van der Waals surface area (Å²) in [6.45, 7) is 3.59. The van der Waals surface area contributed by atoms with E-state index in [9.17, 15) is 4.79 Å². The third-order valence-corrected chi connectivity index (χ3v) is 5.21. The highest BCUT2D eigenvalue weighted by atomic mass is 16.2. The van der Waals surface area contributed by atoms with Crippen LogP contribution in [0.2, 0.25) is 0 Å². The predicted octanol–water partition coefficient (Wildman–Crippen LogP) is 1.39. The molecule has 6 nitrogen and oxygen atoms in total. The zero-order chi connectivity index (χ0) is 16.0. The molecule has 1 saturated carbocycles. The first-order valence-electron chi connectivity index (χ1n) is 8.16. The number of hydrogen-bond acceptors (Lipinski definition) is 4. The second-order valence-electron chi connectivity index (χ2n) is 6.76. The molecule has 2 heterocycles. The molecule has 1 aromatic carbocycles. The number of aryl methyl sites for hydroxylation is 1. The van der Waals surface area contributed by atoms with Crippen molar-refractivity contribution < 1.29 is 4.79 Å². The third-order valence-electron chi connectivity index (χ3n) is 5.21. The van der Waals surface area contributed by atoms with Gasteiger partial charge >= 0.3 is 0 Å². The van der Waals surface area contributed by atoms with E-state index in [2.05, 4.69) is 10.3 Å². The lowest BCUT2D eigenvalue weighted by Gasteiger charge is -2.17. The number of hydrogen-bond donors (Lipinski definition) is 1. The molecule has 1 amide bonds. The Hall–Kier alpha value is -2.21. The summed E-state index contributed by atoms with van der Waals surface area (Å²) in [5.41, 5.74) is 8.64. The van der Waals surface area contributed by atoms with E-state index in [1.807, 2.05) is 36.1 Å². The van der Waals surface area contributed by atoms with Gasteiger partial charge in [-0.05, 0) is 43.7 Å². The topological polar surface area (TPSA) is 77.0 Å². The highest BCUT2D eigenvalue weighted by Gasteiger charge is 2.43. The Morgan fingerprint density at radius 3 is 2.74 bits per heavy atom. The van der Waals surface area contributed by atoms with Crippen LogP contribution >= 0.6 is 0 Å². The number of rotatable bonds is 2. The van der Waals surface area contributed by atoms with Crippen molar-refractivity contribution in [3.05, 3.63) is 41.7 Å². The summed E-state index contributed by atoms with van der Waals surface area (Å²) in [7, 11) is 0. The average molecular weight is 311 g/mol. The minimum atomic E-state index is -0.0371. The number of aromatic nitrogens is 3. The first-order valence-corrected chi connectivity index (χ1v) is 8.16. The van der Waals surface area contributed by atoms with Crippen LogP contribution in [-0.2, 0) is 0 Å². The van der Waals surface area contributed by atoms with E-state index in [-0.39, 0.29) is 11.9 Å². The second kappa shape index (κ2) is 5.45. The van der Waals surface area contributed by atoms with E-state index in [1.165, 1.54) is 5.56 Å². The van der Waals surface area contributed by atoms with Gasteiger partial charge in [0.25, 0.3) is 5.91 Å². The zero-order valence-electron chi connectivity index (χ0n) is 13.2. The van der Waals surface area contributed by atoms with Gasteiger partial charge in [0.1, 0.15) is 0 Å². The van der Waals surface area contributed by atoms with E-state index >= 15 is 0 Å². The first kappa shape index (κ1) is 14.4. The molecule has 0 radical (unpaired) electrons. The molecule has 120 valence electrons. The van der Waals surface area contributed by atoms with Gasteiger partial charge in [-0.2, -0.15) is 0 Å². The maximum atomic E-state index is 12.7. The number of likely N-dealkylation sites (tertiary alicyclic amines) is 1. The van der Waals surface area contributed by atoms with Crippen molar-refractivity contribution in [3.63, 3.8) is 0 Å². The van der Waals surface area contributed by atoms with Crippen LogP contribution in [0.25, 0.3) is 5.69 Å². The molecule has 2 aliphatic rings. The van der Waals surface area contributed by atoms with Crippen LogP contribution in [-0.4, -0.2) is 44.9 Å². The minimum absolute atomic E-state index is 0.0371. The summed E-state index contributed by atoms with van der Waals surface area (Å²) < 4.78 is 1.65. The second-order valence-corrected chi connectivity index (χ2v) is 6.76. The maximum absolute atomic E-state index is 12.7. The molecule has 2 fully saturated rings. The molecule has 6 heteroatoms. The number of fused-ring (bicyclic) bond motifs is 1. The van der Waals surface area contributed by atoms with Gasteiger partial charge in [-0.25, -0.2) is 4.68 Å². The van der Waals surface area contributed by atoms with Crippen molar-refractivity contribution in [2.45, 2.75) is 25.8 Å². The summed E-state index contributed by atoms with van der Waals surface area (Å²) in [4.78, 5) is 14.5. The van der Waals surface area contributed by atoms with E-state index in [0.29, 0.717) is 17.5 Å². The average Bonchev–Trinajstić information content (AvgIpc) is 3.25. The molecule has 1 aliphatic carbocycles. The van der Waals surface area contributed by atoms with Gasteiger partial charge in [-0.1, -0.05) is 22.9 Å². The molecule has 23 heavy (non-hydrogen) atoms. The van der Waals surface area contributed by atoms with Gasteiger partial charge in [0.2, 0.25) is 0 Å². The van der Waals surface area contributed by atoms with Crippen LogP contribution in [0.1, 0.15) is 28.9 Å². The fraction of sp³-hybridized carbons (Fsp3) is 0.471. The number of amides is 1. The Labute approximate surface area is 135 Å². The molecule has 1 aromatic heterocycles. The van der Waals surface area contributed by atoms with Gasteiger partial charge in [0, 0.05) is 19.1 Å². The third kappa shape index (κ3) is 2.53. The van der Waals surface area contributed by atoms with Gasteiger partial charge in [-0.15, -0.1) is 5.10 Å². The summed E-state index contributed by atoms with van der Waals surface area (Å²) in [6.07, 6.45) is 3.92. The fourth-order valence-electron chi connectivity index (χ4n) is 3.82. The van der Waals surface area contributed by atoms with Crippen LogP contribution in [0.5, 0.6) is 0 Å². The molecule has 0 spiro atoms. The van der Waals surface area contributed by atoms with E-state index in [0.717, 1.165) is 31.6 Å². The van der Waals surface area contributed by atoms with Crippen molar-refractivity contribution in [1.29, 1.82) is 0 Å². The SMILES string of the molecule is Cc1ccc(-n2cc(C(=O)N3CC4CCC(N)C4C3)nn2)cc1. The lowest BCUT2D eigenvalue weighted by atomic mass is 9.98. The number of carbonyl (C=O) groups excluding carboxylic acids is 1. The van der Waals surface area contributed by atoms with Crippen LogP contribution in [0.15, 0.2) is 30.5 Å².